The van der Waals surface area contributed by atoms with Crippen molar-refractivity contribution in [1.82, 2.24) is 19.8 Å². The molecule has 1 aliphatic rings. The Hall–Kier alpha value is -4.05. The van der Waals surface area contributed by atoms with Crippen LogP contribution in [0.15, 0.2) is 66.7 Å². The van der Waals surface area contributed by atoms with Crippen molar-refractivity contribution in [2.75, 3.05) is 33.3 Å². The van der Waals surface area contributed by atoms with E-state index in [9.17, 15) is 18.0 Å². The highest BCUT2D eigenvalue weighted by atomic mass is 19.4. The van der Waals surface area contributed by atoms with Crippen molar-refractivity contribution in [3.05, 3.63) is 89.2 Å². The van der Waals surface area contributed by atoms with E-state index in [0.717, 1.165) is 22.8 Å². The van der Waals surface area contributed by atoms with Crippen molar-refractivity contribution in [2.45, 2.75) is 19.3 Å². The van der Waals surface area contributed by atoms with E-state index in [0.29, 0.717) is 55.4 Å². The number of amides is 1. The monoisotopic (exact) mass is 524 g/mol. The lowest BCUT2D eigenvalue weighted by Gasteiger charge is -2.35. The van der Waals surface area contributed by atoms with Gasteiger partial charge in [-0.05, 0) is 48.0 Å². The summed E-state index contributed by atoms with van der Waals surface area (Å²) in [5.41, 5.74) is 2.20. The first-order valence-corrected chi connectivity index (χ1v) is 12.2. The first-order valence-electron chi connectivity index (χ1n) is 12.2. The Morgan fingerprint density at radius 1 is 0.974 bits per heavy atom. The number of carbonyl (C=O) groups excluding carboxylic acids is 1. The summed E-state index contributed by atoms with van der Waals surface area (Å²) in [6.45, 7) is 2.85. The molecule has 1 amide bonds. The van der Waals surface area contributed by atoms with E-state index < -0.39 is 11.7 Å². The van der Waals surface area contributed by atoms with Gasteiger partial charge in [0.25, 0.3) is 5.91 Å². The summed E-state index contributed by atoms with van der Waals surface area (Å²) < 4.78 is 50.0. The Kier molecular flexibility index (Phi) is 7.24. The summed E-state index contributed by atoms with van der Waals surface area (Å²) in [6, 6.07) is 18.0. The highest BCUT2D eigenvalue weighted by molar-refractivity contribution is 5.94. The van der Waals surface area contributed by atoms with E-state index >= 15 is 0 Å². The molecule has 5 rings (SSSR count). The van der Waals surface area contributed by atoms with E-state index in [1.165, 1.54) is 12.1 Å². The normalized spacial score (nSPS) is 14.6. The van der Waals surface area contributed by atoms with Crippen molar-refractivity contribution < 1.29 is 27.4 Å². The van der Waals surface area contributed by atoms with Crippen molar-refractivity contribution in [2.24, 2.45) is 0 Å². The zero-order chi connectivity index (χ0) is 26.7. The van der Waals surface area contributed by atoms with Gasteiger partial charge in [-0.3, -0.25) is 9.69 Å². The van der Waals surface area contributed by atoms with Gasteiger partial charge in [0.2, 0.25) is 0 Å². The molecule has 10 heteroatoms. The van der Waals surface area contributed by atoms with Gasteiger partial charge < -0.3 is 19.4 Å². The summed E-state index contributed by atoms with van der Waals surface area (Å²) in [5, 5.41) is 0. The third-order valence-electron chi connectivity index (χ3n) is 6.53. The Balaban J connectivity index is 1.12. The number of halogens is 3. The Labute approximate surface area is 217 Å². The van der Waals surface area contributed by atoms with Gasteiger partial charge in [-0.25, -0.2) is 4.98 Å². The summed E-state index contributed by atoms with van der Waals surface area (Å²) in [5.74, 6) is 1.95. The summed E-state index contributed by atoms with van der Waals surface area (Å²) in [6.07, 6.45) is -4.36. The first-order chi connectivity index (χ1) is 18.3. The molecular weight excluding hydrogens is 497 g/mol. The minimum atomic E-state index is -4.36. The summed E-state index contributed by atoms with van der Waals surface area (Å²) >= 11 is 0. The number of imidazole rings is 1. The number of ether oxygens (including phenoxy) is 2. The van der Waals surface area contributed by atoms with E-state index in [4.69, 9.17) is 9.47 Å². The number of nitrogens with one attached hydrogen (secondary N) is 1. The molecule has 0 saturated carbocycles. The molecule has 3 aromatic carbocycles. The third-order valence-corrected chi connectivity index (χ3v) is 6.53. The molecule has 1 saturated heterocycles. The maximum absolute atomic E-state index is 13.0. The van der Waals surface area contributed by atoms with Crippen LogP contribution in [0.1, 0.15) is 27.3 Å². The zero-order valence-electron chi connectivity index (χ0n) is 20.8. The quantitative estimate of drug-likeness (QED) is 0.363. The van der Waals surface area contributed by atoms with Crippen molar-refractivity contribution >= 4 is 16.9 Å². The Morgan fingerprint density at radius 2 is 1.71 bits per heavy atom. The molecule has 1 aliphatic heterocycles. The fourth-order valence-corrected chi connectivity index (χ4v) is 4.48. The minimum absolute atomic E-state index is 0.0819. The van der Waals surface area contributed by atoms with Crippen LogP contribution >= 0.6 is 0 Å². The van der Waals surface area contributed by atoms with Crippen molar-refractivity contribution in [3.63, 3.8) is 0 Å². The van der Waals surface area contributed by atoms with Crippen molar-refractivity contribution in [3.8, 4) is 11.5 Å². The number of piperazine rings is 1. The minimum Gasteiger partial charge on any atom is -0.497 e. The number of carbonyl (C=O) groups is 1. The van der Waals surface area contributed by atoms with Gasteiger partial charge in [-0.15, -0.1) is 0 Å². The van der Waals surface area contributed by atoms with Gasteiger partial charge in [-0.1, -0.05) is 18.2 Å². The molecule has 0 unspecified atom stereocenters. The lowest BCUT2D eigenvalue weighted by molar-refractivity contribution is -0.137. The number of aromatic nitrogens is 2. The maximum atomic E-state index is 13.0. The fraction of sp³-hybridized carbons (Fsp3) is 0.286. The Morgan fingerprint density at radius 3 is 2.42 bits per heavy atom. The van der Waals surface area contributed by atoms with Gasteiger partial charge >= 0.3 is 6.18 Å². The second-order valence-corrected chi connectivity index (χ2v) is 9.15. The molecule has 4 aromatic rings. The van der Waals surface area contributed by atoms with Crippen molar-refractivity contribution in [1.29, 1.82) is 0 Å². The number of benzene rings is 3. The molecule has 0 atom stereocenters. The molecule has 1 aromatic heterocycles. The average molecular weight is 525 g/mol. The van der Waals surface area contributed by atoms with Gasteiger partial charge in [0.1, 0.15) is 23.9 Å². The second-order valence-electron chi connectivity index (χ2n) is 9.15. The molecule has 1 fully saturated rings. The molecule has 0 bridgehead atoms. The highest BCUT2D eigenvalue weighted by Crippen LogP contribution is 2.30. The van der Waals surface area contributed by atoms with Crippen LogP contribution in [0.5, 0.6) is 11.5 Å². The topological polar surface area (TPSA) is 70.7 Å². The van der Waals surface area contributed by atoms with Crippen LogP contribution in [-0.4, -0.2) is 59.0 Å². The number of alkyl halides is 3. The van der Waals surface area contributed by atoms with Gasteiger partial charge in [0.15, 0.2) is 0 Å². The van der Waals surface area contributed by atoms with E-state index in [-0.39, 0.29) is 12.5 Å². The predicted molar refractivity (Wildman–Crippen MR) is 136 cm³/mol. The number of H-pyrrole nitrogens is 1. The number of nitrogens with zero attached hydrogens (tertiary/aromatic N) is 3. The number of hydrogen-bond acceptors (Lipinski definition) is 5. The molecule has 0 radical (unpaired) electrons. The molecule has 0 spiro atoms. The number of aromatic amines is 1. The van der Waals surface area contributed by atoms with E-state index in [1.54, 1.807) is 42.3 Å². The highest BCUT2D eigenvalue weighted by Gasteiger charge is 2.30. The Bertz CT molecular complexity index is 1410. The van der Waals surface area contributed by atoms with Crippen LogP contribution in [0, 0.1) is 0 Å². The second kappa shape index (κ2) is 10.7. The van der Waals surface area contributed by atoms with Crippen LogP contribution < -0.4 is 9.47 Å². The zero-order valence-corrected chi connectivity index (χ0v) is 20.8. The maximum Gasteiger partial charge on any atom is 0.416 e. The van der Waals surface area contributed by atoms with Crippen LogP contribution in [0.2, 0.25) is 0 Å². The van der Waals surface area contributed by atoms with Gasteiger partial charge in [0, 0.05) is 44.4 Å². The van der Waals surface area contributed by atoms with Crippen LogP contribution in [0.25, 0.3) is 11.0 Å². The van der Waals surface area contributed by atoms with Gasteiger partial charge in [-0.2, -0.15) is 13.2 Å². The lowest BCUT2D eigenvalue weighted by atomic mass is 10.1. The number of hydrogen-bond donors (Lipinski definition) is 1. The fourth-order valence-electron chi connectivity index (χ4n) is 4.48. The molecular formula is C28H27F3N4O3. The molecule has 38 heavy (non-hydrogen) atoms. The third kappa shape index (κ3) is 5.91. The smallest absolute Gasteiger partial charge is 0.416 e. The average Bonchev–Trinajstić information content (AvgIpc) is 3.34. The summed E-state index contributed by atoms with van der Waals surface area (Å²) in [7, 11) is 1.61. The molecule has 1 N–H and O–H groups in total. The number of methoxy groups -OCH3 is 1. The summed E-state index contributed by atoms with van der Waals surface area (Å²) in [4.78, 5) is 24.5. The first kappa shape index (κ1) is 25.6. The van der Waals surface area contributed by atoms with Gasteiger partial charge in [0.05, 0.1) is 23.7 Å². The standard InChI is InChI=1S/C28H27F3N4O3/c1-37-23-9-10-24-25(16-23)33-26(32-24)18-38-22-7-5-20(6-8-22)27(36)35-13-11-34(12-14-35)17-19-3-2-4-21(15-19)28(29,30)31/h2-10,15-16H,11-14,17-18H2,1H3,(H,32,33). The van der Waals surface area contributed by atoms with Crippen LogP contribution in [0.3, 0.4) is 0 Å². The molecule has 198 valence electrons. The largest absolute Gasteiger partial charge is 0.497 e. The van der Waals surface area contributed by atoms with Crippen LogP contribution in [-0.2, 0) is 19.3 Å². The number of rotatable bonds is 7. The van der Waals surface area contributed by atoms with Crippen LogP contribution in [0.4, 0.5) is 13.2 Å². The molecule has 2 heterocycles. The lowest BCUT2D eigenvalue weighted by Crippen LogP contribution is -2.48. The van der Waals surface area contributed by atoms with E-state index in [1.807, 2.05) is 18.2 Å². The number of fused-ring (bicyclic) bond motifs is 1. The SMILES string of the molecule is COc1ccc2nc(COc3ccc(C(=O)N4CCN(Cc5cccc(C(F)(F)F)c5)CC4)cc3)[nH]c2c1. The predicted octanol–water partition coefficient (Wildman–Crippen LogP) is 5.13. The molecule has 7 nitrogen and oxygen atoms in total. The van der Waals surface area contributed by atoms with E-state index in [2.05, 4.69) is 14.9 Å². The molecule has 0 aliphatic carbocycles.